The third-order valence-electron chi connectivity index (χ3n) is 5.05. The van der Waals surface area contributed by atoms with Crippen LogP contribution in [-0.2, 0) is 0 Å². The number of hydrogen-bond acceptors (Lipinski definition) is 4. The zero-order valence-electron chi connectivity index (χ0n) is 15.7. The fraction of sp³-hybridized carbons (Fsp3) is 0.143. The fourth-order valence-corrected chi connectivity index (χ4v) is 3.77. The van der Waals surface area contributed by atoms with E-state index in [1.54, 1.807) is 10.8 Å². The second kappa shape index (κ2) is 6.14. The predicted octanol–water partition coefficient (Wildman–Crippen LogP) is 4.71. The number of aryl methyl sites for hydroxylation is 2. The molecule has 0 radical (unpaired) electrons. The van der Waals surface area contributed by atoms with Gasteiger partial charge in [0.1, 0.15) is 12.1 Å². The number of pyridine rings is 1. The Hall–Kier alpha value is -3.25. The highest BCUT2D eigenvalue weighted by atomic mass is 35.5. The van der Waals surface area contributed by atoms with Gasteiger partial charge in [-0.1, -0.05) is 29.8 Å². The fourth-order valence-electron chi connectivity index (χ4n) is 3.55. The molecule has 0 amide bonds. The first-order chi connectivity index (χ1) is 13.5. The van der Waals surface area contributed by atoms with Gasteiger partial charge in [0.15, 0.2) is 17.1 Å². The quantitative estimate of drug-likeness (QED) is 0.439. The SMILES string of the molecule is Cc1cccc(-n2c(C)c(C)c3c2ncn2nc(-c4ccccc4Cl)nc32)n1. The number of aromatic nitrogens is 6. The van der Waals surface area contributed by atoms with E-state index in [0.29, 0.717) is 10.8 Å². The number of hydrogen-bond donors (Lipinski definition) is 0. The molecule has 0 aliphatic heterocycles. The maximum atomic E-state index is 6.34. The molecule has 0 saturated heterocycles. The molecular formula is C21H17ClN6. The molecule has 5 rings (SSSR count). The van der Waals surface area contributed by atoms with Crippen LogP contribution in [0.25, 0.3) is 33.9 Å². The average molecular weight is 389 g/mol. The van der Waals surface area contributed by atoms with Crippen molar-refractivity contribution in [3.63, 3.8) is 0 Å². The average Bonchev–Trinajstić information content (AvgIpc) is 3.21. The van der Waals surface area contributed by atoms with Crippen LogP contribution in [0, 0.1) is 20.8 Å². The molecule has 7 heteroatoms. The van der Waals surface area contributed by atoms with Crippen molar-refractivity contribution >= 4 is 28.3 Å². The molecule has 28 heavy (non-hydrogen) atoms. The predicted molar refractivity (Wildman–Crippen MR) is 110 cm³/mol. The third-order valence-corrected chi connectivity index (χ3v) is 5.38. The summed E-state index contributed by atoms with van der Waals surface area (Å²) >= 11 is 6.34. The number of halogens is 1. The second-order valence-corrected chi connectivity index (χ2v) is 7.22. The molecule has 6 nitrogen and oxygen atoms in total. The molecule has 0 atom stereocenters. The van der Waals surface area contributed by atoms with E-state index in [1.807, 2.05) is 49.4 Å². The van der Waals surface area contributed by atoms with E-state index in [9.17, 15) is 0 Å². The molecule has 0 spiro atoms. The molecule has 0 bridgehead atoms. The minimum atomic E-state index is 0.582. The van der Waals surface area contributed by atoms with Crippen LogP contribution in [0.1, 0.15) is 17.0 Å². The highest BCUT2D eigenvalue weighted by molar-refractivity contribution is 6.33. The lowest BCUT2D eigenvalue weighted by Gasteiger charge is -2.07. The van der Waals surface area contributed by atoms with E-state index in [4.69, 9.17) is 16.6 Å². The highest BCUT2D eigenvalue weighted by Gasteiger charge is 2.20. The van der Waals surface area contributed by atoms with Crippen LogP contribution in [0.2, 0.25) is 5.02 Å². The van der Waals surface area contributed by atoms with E-state index >= 15 is 0 Å². The number of fused-ring (bicyclic) bond motifs is 3. The third kappa shape index (κ3) is 2.42. The van der Waals surface area contributed by atoms with E-state index in [2.05, 4.69) is 33.5 Å². The van der Waals surface area contributed by atoms with Crippen LogP contribution in [0.3, 0.4) is 0 Å². The van der Waals surface area contributed by atoms with Crippen molar-refractivity contribution in [1.29, 1.82) is 0 Å². The maximum absolute atomic E-state index is 6.34. The Bertz CT molecular complexity index is 1360. The van der Waals surface area contributed by atoms with Gasteiger partial charge in [-0.15, -0.1) is 5.10 Å². The van der Waals surface area contributed by atoms with Gasteiger partial charge in [-0.2, -0.15) is 0 Å². The summed E-state index contributed by atoms with van der Waals surface area (Å²) in [6, 6.07) is 13.6. The summed E-state index contributed by atoms with van der Waals surface area (Å²) < 4.78 is 3.78. The summed E-state index contributed by atoms with van der Waals surface area (Å²) in [6.45, 7) is 6.13. The first kappa shape index (κ1) is 16.9. The van der Waals surface area contributed by atoms with Crippen LogP contribution in [0.5, 0.6) is 0 Å². The number of benzene rings is 1. The van der Waals surface area contributed by atoms with Gasteiger partial charge in [0.2, 0.25) is 0 Å². The first-order valence-electron chi connectivity index (χ1n) is 8.96. The van der Waals surface area contributed by atoms with E-state index in [0.717, 1.165) is 45.0 Å². The summed E-state index contributed by atoms with van der Waals surface area (Å²) in [5, 5.41) is 6.18. The minimum absolute atomic E-state index is 0.582. The molecule has 0 aliphatic carbocycles. The topological polar surface area (TPSA) is 60.9 Å². The lowest BCUT2D eigenvalue weighted by atomic mass is 10.2. The minimum Gasteiger partial charge on any atom is -0.282 e. The van der Waals surface area contributed by atoms with Gasteiger partial charge in [0.05, 0.1) is 10.4 Å². The summed E-state index contributed by atoms with van der Waals surface area (Å²) in [4.78, 5) is 14.1. The molecule has 0 aliphatic rings. The summed E-state index contributed by atoms with van der Waals surface area (Å²) in [5.74, 6) is 1.43. The van der Waals surface area contributed by atoms with Crippen molar-refractivity contribution in [3.05, 3.63) is 70.8 Å². The Morgan fingerprint density at radius 2 is 1.71 bits per heavy atom. The summed E-state index contributed by atoms with van der Waals surface area (Å²) in [7, 11) is 0. The Labute approximate surface area is 166 Å². The lowest BCUT2D eigenvalue weighted by Crippen LogP contribution is -2.02. The zero-order chi connectivity index (χ0) is 19.4. The smallest absolute Gasteiger partial charge is 0.183 e. The van der Waals surface area contributed by atoms with Crippen LogP contribution in [0.4, 0.5) is 0 Å². The van der Waals surface area contributed by atoms with Crippen LogP contribution in [-0.4, -0.2) is 29.1 Å². The van der Waals surface area contributed by atoms with E-state index in [1.165, 1.54) is 0 Å². The van der Waals surface area contributed by atoms with Crippen LogP contribution in [0.15, 0.2) is 48.8 Å². The molecule has 138 valence electrons. The molecule has 1 aromatic carbocycles. The number of rotatable bonds is 2. The van der Waals surface area contributed by atoms with Crippen LogP contribution < -0.4 is 0 Å². The van der Waals surface area contributed by atoms with Crippen molar-refractivity contribution in [1.82, 2.24) is 29.1 Å². The highest BCUT2D eigenvalue weighted by Crippen LogP contribution is 2.31. The zero-order valence-corrected chi connectivity index (χ0v) is 16.4. The van der Waals surface area contributed by atoms with Crippen molar-refractivity contribution in [2.45, 2.75) is 20.8 Å². The van der Waals surface area contributed by atoms with Crippen LogP contribution >= 0.6 is 11.6 Å². The van der Waals surface area contributed by atoms with Crippen molar-refractivity contribution < 1.29 is 0 Å². The standard InChI is InChI=1S/C21H17ClN6/c1-12-7-6-10-17(24-12)28-14(3)13(2)18-20(28)23-11-27-21(18)25-19(26-27)15-8-4-5-9-16(15)22/h4-11H,1-3H3. The molecule has 4 aromatic heterocycles. The van der Waals surface area contributed by atoms with Gasteiger partial charge < -0.3 is 0 Å². The Balaban J connectivity index is 1.82. The largest absolute Gasteiger partial charge is 0.282 e. The Morgan fingerprint density at radius 1 is 0.893 bits per heavy atom. The van der Waals surface area contributed by atoms with Gasteiger partial charge in [0, 0.05) is 17.0 Å². The van der Waals surface area contributed by atoms with Crippen molar-refractivity contribution in [2.75, 3.05) is 0 Å². The van der Waals surface area contributed by atoms with Gasteiger partial charge in [-0.25, -0.2) is 19.5 Å². The first-order valence-corrected chi connectivity index (χ1v) is 9.34. The molecule has 0 unspecified atom stereocenters. The molecule has 5 aromatic rings. The van der Waals surface area contributed by atoms with E-state index in [-0.39, 0.29) is 0 Å². The second-order valence-electron chi connectivity index (χ2n) is 6.81. The van der Waals surface area contributed by atoms with Gasteiger partial charge in [-0.3, -0.25) is 4.57 Å². The molecule has 0 N–H and O–H groups in total. The molecular weight excluding hydrogens is 372 g/mol. The van der Waals surface area contributed by atoms with Gasteiger partial charge in [-0.05, 0) is 50.6 Å². The molecule has 0 fully saturated rings. The molecule has 0 saturated carbocycles. The Morgan fingerprint density at radius 3 is 2.50 bits per heavy atom. The maximum Gasteiger partial charge on any atom is 0.183 e. The van der Waals surface area contributed by atoms with Crippen molar-refractivity contribution in [3.8, 4) is 17.2 Å². The van der Waals surface area contributed by atoms with Crippen molar-refractivity contribution in [2.24, 2.45) is 0 Å². The lowest BCUT2D eigenvalue weighted by molar-refractivity contribution is 0.916. The molecule has 4 heterocycles. The monoisotopic (exact) mass is 388 g/mol. The summed E-state index contributed by atoms with van der Waals surface area (Å²) in [5.41, 5.74) is 5.52. The van der Waals surface area contributed by atoms with Gasteiger partial charge >= 0.3 is 0 Å². The van der Waals surface area contributed by atoms with E-state index < -0.39 is 0 Å². The van der Waals surface area contributed by atoms with Gasteiger partial charge in [0.25, 0.3) is 0 Å². The Kier molecular flexibility index (Phi) is 3.70. The number of nitrogens with zero attached hydrogens (tertiary/aromatic N) is 6. The normalized spacial score (nSPS) is 11.6. The summed E-state index contributed by atoms with van der Waals surface area (Å²) in [6.07, 6.45) is 1.69.